The van der Waals surface area contributed by atoms with Crippen molar-refractivity contribution in [3.8, 4) is 0 Å². The van der Waals surface area contributed by atoms with Crippen LogP contribution in [0.25, 0.3) is 0 Å². The summed E-state index contributed by atoms with van der Waals surface area (Å²) in [5.41, 5.74) is 5.63. The van der Waals surface area contributed by atoms with Gasteiger partial charge >= 0.3 is 0 Å². The maximum atomic E-state index is 12.4. The van der Waals surface area contributed by atoms with Crippen LogP contribution in [0.1, 0.15) is 47.5 Å². The Morgan fingerprint density at radius 1 is 1.32 bits per heavy atom. The van der Waals surface area contributed by atoms with Gasteiger partial charge < -0.3 is 15.8 Å². The topological polar surface area (TPSA) is 64.3 Å². The first-order valence-corrected chi connectivity index (χ1v) is 7.34. The summed E-state index contributed by atoms with van der Waals surface area (Å²) in [6.07, 6.45) is 1.90. The fourth-order valence-electron chi connectivity index (χ4n) is 3.12. The second-order valence-corrected chi connectivity index (χ2v) is 7.44. The Balaban J connectivity index is 1.89. The zero-order chi connectivity index (χ0) is 14.5. The Hall–Kier alpha value is -0.610. The average Bonchev–Trinajstić information content (AvgIpc) is 2.93. The second-order valence-electron chi connectivity index (χ2n) is 7.44. The van der Waals surface area contributed by atoms with E-state index in [4.69, 9.17) is 10.5 Å². The molecule has 2 fully saturated rings. The van der Waals surface area contributed by atoms with Crippen LogP contribution in [0.5, 0.6) is 0 Å². The van der Waals surface area contributed by atoms with E-state index >= 15 is 0 Å². The quantitative estimate of drug-likeness (QED) is 0.797. The largest absolute Gasteiger partial charge is 0.378 e. The number of rotatable bonds is 5. The standard InChI is InChI=1S/C15H28N2O2/c1-6-19-11-8-15(16,14(11,4)5)12(18)17-9-10-7-13(10,2)3/h10-11H,6-9,16H2,1-5H3,(H,17,18). The Morgan fingerprint density at radius 3 is 2.32 bits per heavy atom. The van der Waals surface area contributed by atoms with Gasteiger partial charge in [-0.15, -0.1) is 0 Å². The average molecular weight is 268 g/mol. The number of carbonyl (C=O) groups is 1. The summed E-state index contributed by atoms with van der Waals surface area (Å²) < 4.78 is 5.65. The smallest absolute Gasteiger partial charge is 0.240 e. The molecule has 4 heteroatoms. The highest BCUT2D eigenvalue weighted by Gasteiger charge is 2.63. The predicted molar refractivity (Wildman–Crippen MR) is 75.6 cm³/mol. The molecule has 0 aliphatic heterocycles. The predicted octanol–water partition coefficient (Wildman–Crippen LogP) is 1.68. The van der Waals surface area contributed by atoms with Crippen LogP contribution in [0, 0.1) is 16.7 Å². The number of nitrogens with one attached hydrogen (secondary N) is 1. The molecule has 0 saturated heterocycles. The molecule has 0 bridgehead atoms. The van der Waals surface area contributed by atoms with Gasteiger partial charge in [0.1, 0.15) is 5.54 Å². The molecular formula is C15H28N2O2. The first-order valence-electron chi connectivity index (χ1n) is 7.34. The van der Waals surface area contributed by atoms with Crippen molar-refractivity contribution in [1.29, 1.82) is 0 Å². The van der Waals surface area contributed by atoms with Gasteiger partial charge in [-0.3, -0.25) is 4.79 Å². The lowest BCUT2D eigenvalue weighted by Crippen LogP contribution is -2.75. The Bertz CT molecular complexity index is 378. The van der Waals surface area contributed by atoms with Gasteiger partial charge in [0.05, 0.1) is 6.10 Å². The minimum Gasteiger partial charge on any atom is -0.378 e. The van der Waals surface area contributed by atoms with Crippen molar-refractivity contribution in [2.24, 2.45) is 22.5 Å². The van der Waals surface area contributed by atoms with Crippen LogP contribution in [0.4, 0.5) is 0 Å². The molecule has 19 heavy (non-hydrogen) atoms. The van der Waals surface area contributed by atoms with E-state index in [9.17, 15) is 4.79 Å². The Morgan fingerprint density at radius 2 is 1.89 bits per heavy atom. The molecule has 3 atom stereocenters. The van der Waals surface area contributed by atoms with Gasteiger partial charge in [0.15, 0.2) is 0 Å². The van der Waals surface area contributed by atoms with E-state index in [0.29, 0.717) is 24.4 Å². The summed E-state index contributed by atoms with van der Waals surface area (Å²) in [6.45, 7) is 11.9. The molecule has 0 aromatic carbocycles. The molecule has 0 spiro atoms. The van der Waals surface area contributed by atoms with Crippen molar-refractivity contribution in [2.75, 3.05) is 13.2 Å². The van der Waals surface area contributed by atoms with Gasteiger partial charge in [0.2, 0.25) is 5.91 Å². The van der Waals surface area contributed by atoms with E-state index in [-0.39, 0.29) is 17.4 Å². The third kappa shape index (κ3) is 2.29. The van der Waals surface area contributed by atoms with Crippen molar-refractivity contribution < 1.29 is 9.53 Å². The molecule has 2 saturated carbocycles. The summed E-state index contributed by atoms with van der Waals surface area (Å²) >= 11 is 0. The van der Waals surface area contributed by atoms with E-state index in [1.807, 2.05) is 20.8 Å². The van der Waals surface area contributed by atoms with Crippen LogP contribution < -0.4 is 11.1 Å². The van der Waals surface area contributed by atoms with E-state index in [1.165, 1.54) is 6.42 Å². The summed E-state index contributed by atoms with van der Waals surface area (Å²) in [5.74, 6) is 0.585. The monoisotopic (exact) mass is 268 g/mol. The summed E-state index contributed by atoms with van der Waals surface area (Å²) in [7, 11) is 0. The number of amides is 1. The summed E-state index contributed by atoms with van der Waals surface area (Å²) in [4.78, 5) is 12.4. The highest BCUT2D eigenvalue weighted by molar-refractivity contribution is 5.88. The lowest BCUT2D eigenvalue weighted by molar-refractivity contribution is -0.170. The van der Waals surface area contributed by atoms with Crippen molar-refractivity contribution in [2.45, 2.75) is 59.1 Å². The first kappa shape index (κ1) is 14.8. The number of carbonyl (C=O) groups excluding carboxylic acids is 1. The molecule has 2 aliphatic rings. The Kier molecular flexibility index (Phi) is 3.47. The lowest BCUT2D eigenvalue weighted by atomic mass is 9.54. The number of nitrogens with two attached hydrogens (primary N) is 1. The van der Waals surface area contributed by atoms with E-state index < -0.39 is 5.54 Å². The molecule has 3 unspecified atom stereocenters. The third-order valence-corrected chi connectivity index (χ3v) is 5.46. The van der Waals surface area contributed by atoms with Crippen LogP contribution in [-0.2, 0) is 9.53 Å². The van der Waals surface area contributed by atoms with Gasteiger partial charge in [0.25, 0.3) is 0 Å². The molecular weight excluding hydrogens is 240 g/mol. The molecule has 110 valence electrons. The van der Waals surface area contributed by atoms with E-state index in [1.54, 1.807) is 0 Å². The SMILES string of the molecule is CCOC1CC(N)(C(=O)NCC2CC2(C)C)C1(C)C. The zero-order valence-electron chi connectivity index (χ0n) is 12.9. The molecule has 1 amide bonds. The van der Waals surface area contributed by atoms with Crippen LogP contribution in [0.3, 0.4) is 0 Å². The third-order valence-electron chi connectivity index (χ3n) is 5.46. The van der Waals surface area contributed by atoms with Crippen LogP contribution in [-0.4, -0.2) is 30.7 Å². The van der Waals surface area contributed by atoms with Crippen molar-refractivity contribution in [3.05, 3.63) is 0 Å². The molecule has 0 aromatic rings. The summed E-state index contributed by atoms with van der Waals surface area (Å²) in [5, 5.41) is 3.04. The Labute approximate surface area is 116 Å². The summed E-state index contributed by atoms with van der Waals surface area (Å²) in [6, 6.07) is 0. The molecule has 4 nitrogen and oxygen atoms in total. The van der Waals surface area contributed by atoms with Crippen molar-refractivity contribution in [3.63, 3.8) is 0 Å². The lowest BCUT2D eigenvalue weighted by Gasteiger charge is -2.57. The van der Waals surface area contributed by atoms with E-state index in [2.05, 4.69) is 19.2 Å². The molecule has 2 rings (SSSR count). The highest BCUT2D eigenvalue weighted by Crippen LogP contribution is 2.52. The van der Waals surface area contributed by atoms with Gasteiger partial charge in [-0.25, -0.2) is 0 Å². The fraction of sp³-hybridized carbons (Fsp3) is 0.933. The second kappa shape index (κ2) is 4.45. The van der Waals surface area contributed by atoms with Crippen molar-refractivity contribution >= 4 is 5.91 Å². The fourth-order valence-corrected chi connectivity index (χ4v) is 3.12. The van der Waals surface area contributed by atoms with Gasteiger partial charge in [-0.05, 0) is 24.7 Å². The molecule has 0 radical (unpaired) electrons. The molecule has 0 aromatic heterocycles. The first-order chi connectivity index (χ1) is 8.65. The number of hydrogen-bond acceptors (Lipinski definition) is 3. The number of hydrogen-bond donors (Lipinski definition) is 2. The zero-order valence-corrected chi connectivity index (χ0v) is 12.9. The minimum absolute atomic E-state index is 0.0175. The maximum absolute atomic E-state index is 12.4. The maximum Gasteiger partial charge on any atom is 0.240 e. The normalized spacial score (nSPS) is 38.4. The molecule has 3 N–H and O–H groups in total. The highest BCUT2D eigenvalue weighted by atomic mass is 16.5. The molecule has 0 heterocycles. The molecule has 2 aliphatic carbocycles. The van der Waals surface area contributed by atoms with Gasteiger partial charge in [-0.1, -0.05) is 27.7 Å². The van der Waals surface area contributed by atoms with E-state index in [0.717, 1.165) is 6.54 Å². The minimum atomic E-state index is -0.786. The van der Waals surface area contributed by atoms with Crippen LogP contribution in [0.15, 0.2) is 0 Å². The number of ether oxygens (including phenoxy) is 1. The van der Waals surface area contributed by atoms with Gasteiger partial charge in [0, 0.05) is 25.0 Å². The van der Waals surface area contributed by atoms with Crippen LogP contribution in [0.2, 0.25) is 0 Å². The van der Waals surface area contributed by atoms with Gasteiger partial charge in [-0.2, -0.15) is 0 Å². The van der Waals surface area contributed by atoms with Crippen molar-refractivity contribution in [1.82, 2.24) is 5.32 Å². The van der Waals surface area contributed by atoms with Crippen LogP contribution >= 0.6 is 0 Å².